The number of carbonyl (C=O) groups excluding carboxylic acids is 1. The van der Waals surface area contributed by atoms with Crippen LogP contribution in [0.4, 0.5) is 4.79 Å². The van der Waals surface area contributed by atoms with Gasteiger partial charge in [-0.1, -0.05) is 24.3 Å². The highest BCUT2D eigenvalue weighted by Crippen LogP contribution is 2.33. The van der Waals surface area contributed by atoms with Gasteiger partial charge >= 0.3 is 6.09 Å². The monoisotopic (exact) mass is 290 g/mol. The number of amides is 1. The Kier molecular flexibility index (Phi) is 4.88. The fraction of sp³-hybridized carbons (Fsp3) is 0.588. The molecule has 2 unspecified atom stereocenters. The summed E-state index contributed by atoms with van der Waals surface area (Å²) in [5.74, 6) is 0.310. The average Bonchev–Trinajstić information content (AvgIpc) is 2.42. The Morgan fingerprint density at radius 1 is 1.43 bits per heavy atom. The van der Waals surface area contributed by atoms with Crippen LogP contribution in [0.1, 0.15) is 50.7 Å². The Bertz CT molecular complexity index is 494. The van der Waals surface area contributed by atoms with Crippen LogP contribution in [0.3, 0.4) is 0 Å². The number of fused-ring (bicyclic) bond motifs is 1. The Balaban J connectivity index is 1.93. The van der Waals surface area contributed by atoms with E-state index in [1.54, 1.807) is 0 Å². The zero-order valence-corrected chi connectivity index (χ0v) is 13.2. The number of carbonyl (C=O) groups is 1. The zero-order valence-electron chi connectivity index (χ0n) is 13.2. The Labute approximate surface area is 127 Å². The van der Waals surface area contributed by atoms with Crippen molar-refractivity contribution in [1.29, 1.82) is 0 Å². The minimum Gasteiger partial charge on any atom is -0.444 e. The predicted octanol–water partition coefficient (Wildman–Crippen LogP) is 2.96. The molecule has 0 radical (unpaired) electrons. The normalized spacial score (nSPS) is 19.5. The Morgan fingerprint density at radius 3 is 2.86 bits per heavy atom. The molecule has 0 aromatic heterocycles. The molecule has 21 heavy (non-hydrogen) atoms. The van der Waals surface area contributed by atoms with Gasteiger partial charge in [-0.2, -0.15) is 0 Å². The van der Waals surface area contributed by atoms with E-state index < -0.39 is 11.7 Å². The second-order valence-corrected chi connectivity index (χ2v) is 6.74. The lowest BCUT2D eigenvalue weighted by molar-refractivity contribution is 0.0523. The highest BCUT2D eigenvalue weighted by atomic mass is 16.6. The van der Waals surface area contributed by atoms with Gasteiger partial charge in [0, 0.05) is 18.5 Å². The highest BCUT2D eigenvalue weighted by Gasteiger charge is 2.26. The highest BCUT2D eigenvalue weighted by molar-refractivity contribution is 5.67. The molecule has 0 bridgehead atoms. The van der Waals surface area contributed by atoms with Gasteiger partial charge in [-0.25, -0.2) is 4.79 Å². The third-order valence-electron chi connectivity index (χ3n) is 3.81. The molecule has 1 aromatic rings. The van der Waals surface area contributed by atoms with E-state index in [-0.39, 0.29) is 6.04 Å². The summed E-state index contributed by atoms with van der Waals surface area (Å²) in [5, 5.41) is 2.78. The van der Waals surface area contributed by atoms with E-state index in [4.69, 9.17) is 10.5 Å². The van der Waals surface area contributed by atoms with E-state index >= 15 is 0 Å². The van der Waals surface area contributed by atoms with Gasteiger partial charge in [-0.05, 0) is 51.2 Å². The standard InChI is InChI=1S/C17H26N2O2/c1-17(2,3)21-16(20)19-11-15(18)14-10-6-8-12-7-4-5-9-13(12)14/h4-5,7,9,14-15H,6,8,10-11,18H2,1-3H3,(H,19,20). The zero-order chi connectivity index (χ0) is 15.5. The van der Waals surface area contributed by atoms with E-state index in [1.807, 2.05) is 20.8 Å². The molecule has 116 valence electrons. The van der Waals surface area contributed by atoms with Crippen LogP contribution in [0.25, 0.3) is 0 Å². The summed E-state index contributed by atoms with van der Waals surface area (Å²) in [5.41, 5.74) is 8.55. The second kappa shape index (κ2) is 6.48. The summed E-state index contributed by atoms with van der Waals surface area (Å²) in [6.45, 7) is 5.99. The molecule has 2 rings (SSSR count). The van der Waals surface area contributed by atoms with Gasteiger partial charge in [0.1, 0.15) is 5.60 Å². The van der Waals surface area contributed by atoms with E-state index in [1.165, 1.54) is 11.1 Å². The molecule has 0 spiro atoms. The lowest BCUT2D eigenvalue weighted by Gasteiger charge is -2.30. The Hall–Kier alpha value is -1.55. The maximum absolute atomic E-state index is 11.7. The van der Waals surface area contributed by atoms with Crippen molar-refractivity contribution >= 4 is 6.09 Å². The lowest BCUT2D eigenvalue weighted by Crippen LogP contribution is -2.43. The first-order valence-electron chi connectivity index (χ1n) is 7.67. The first kappa shape index (κ1) is 15.8. The quantitative estimate of drug-likeness (QED) is 0.899. The van der Waals surface area contributed by atoms with Crippen molar-refractivity contribution in [2.24, 2.45) is 5.73 Å². The number of nitrogens with one attached hydrogen (secondary N) is 1. The van der Waals surface area contributed by atoms with Crippen molar-refractivity contribution in [3.63, 3.8) is 0 Å². The molecule has 4 nitrogen and oxygen atoms in total. The van der Waals surface area contributed by atoms with Crippen LogP contribution >= 0.6 is 0 Å². The predicted molar refractivity (Wildman–Crippen MR) is 84.3 cm³/mol. The van der Waals surface area contributed by atoms with Crippen LogP contribution in [-0.4, -0.2) is 24.3 Å². The minimum atomic E-state index is -0.481. The van der Waals surface area contributed by atoms with Crippen LogP contribution in [0.2, 0.25) is 0 Å². The molecule has 1 aliphatic carbocycles. The summed E-state index contributed by atoms with van der Waals surface area (Å²) in [6, 6.07) is 8.39. The van der Waals surface area contributed by atoms with Gasteiger partial charge < -0.3 is 15.8 Å². The molecular formula is C17H26N2O2. The van der Waals surface area contributed by atoms with Gasteiger partial charge in [0.25, 0.3) is 0 Å². The van der Waals surface area contributed by atoms with Crippen molar-refractivity contribution in [2.45, 2.75) is 57.6 Å². The molecule has 0 saturated heterocycles. The summed E-state index contributed by atoms with van der Waals surface area (Å²) >= 11 is 0. The molecule has 1 aromatic carbocycles. The maximum Gasteiger partial charge on any atom is 0.407 e. The van der Waals surface area contributed by atoms with Gasteiger partial charge in [0.05, 0.1) is 0 Å². The SMILES string of the molecule is CC(C)(C)OC(=O)NCC(N)C1CCCc2ccccc21. The summed E-state index contributed by atoms with van der Waals surface area (Å²) in [7, 11) is 0. The topological polar surface area (TPSA) is 64.3 Å². The molecule has 0 heterocycles. The van der Waals surface area contributed by atoms with Crippen molar-refractivity contribution < 1.29 is 9.53 Å². The molecule has 1 amide bonds. The molecule has 0 saturated carbocycles. The van der Waals surface area contributed by atoms with Crippen molar-refractivity contribution in [2.75, 3.05) is 6.54 Å². The number of hydrogen-bond acceptors (Lipinski definition) is 3. The van der Waals surface area contributed by atoms with Gasteiger partial charge in [-0.15, -0.1) is 0 Å². The van der Waals surface area contributed by atoms with Gasteiger partial charge in [0.2, 0.25) is 0 Å². The Morgan fingerprint density at radius 2 is 2.14 bits per heavy atom. The molecule has 0 aliphatic heterocycles. The number of benzene rings is 1. The third kappa shape index (κ3) is 4.46. The first-order chi connectivity index (χ1) is 9.87. The minimum absolute atomic E-state index is 0.0843. The van der Waals surface area contributed by atoms with E-state index in [2.05, 4.69) is 29.6 Å². The number of ether oxygens (including phenoxy) is 1. The van der Waals surface area contributed by atoms with E-state index in [0.717, 1.165) is 19.3 Å². The van der Waals surface area contributed by atoms with Crippen molar-refractivity contribution in [1.82, 2.24) is 5.32 Å². The third-order valence-corrected chi connectivity index (χ3v) is 3.81. The van der Waals surface area contributed by atoms with E-state index in [9.17, 15) is 4.79 Å². The number of rotatable bonds is 3. The molecule has 2 atom stereocenters. The number of alkyl carbamates (subject to hydrolysis) is 1. The largest absolute Gasteiger partial charge is 0.444 e. The smallest absolute Gasteiger partial charge is 0.407 e. The van der Waals surface area contributed by atoms with Crippen molar-refractivity contribution in [3.05, 3.63) is 35.4 Å². The molecular weight excluding hydrogens is 264 g/mol. The second-order valence-electron chi connectivity index (χ2n) is 6.74. The average molecular weight is 290 g/mol. The number of aryl methyl sites for hydroxylation is 1. The summed E-state index contributed by atoms with van der Waals surface area (Å²) in [6.07, 6.45) is 2.96. The molecule has 3 N–H and O–H groups in total. The van der Waals surface area contributed by atoms with E-state index in [0.29, 0.717) is 12.5 Å². The fourth-order valence-electron chi connectivity index (χ4n) is 2.89. The van der Waals surface area contributed by atoms with Crippen LogP contribution in [0.5, 0.6) is 0 Å². The lowest BCUT2D eigenvalue weighted by atomic mass is 9.79. The molecule has 1 aliphatic rings. The summed E-state index contributed by atoms with van der Waals surface area (Å²) in [4.78, 5) is 11.7. The van der Waals surface area contributed by atoms with Crippen LogP contribution in [-0.2, 0) is 11.2 Å². The maximum atomic E-state index is 11.7. The van der Waals surface area contributed by atoms with Crippen molar-refractivity contribution in [3.8, 4) is 0 Å². The van der Waals surface area contributed by atoms with Crippen LogP contribution < -0.4 is 11.1 Å². The summed E-state index contributed by atoms with van der Waals surface area (Å²) < 4.78 is 5.24. The first-order valence-corrected chi connectivity index (χ1v) is 7.67. The number of hydrogen-bond donors (Lipinski definition) is 2. The number of nitrogens with two attached hydrogens (primary N) is 1. The fourth-order valence-corrected chi connectivity index (χ4v) is 2.89. The van der Waals surface area contributed by atoms with Crippen LogP contribution in [0.15, 0.2) is 24.3 Å². The van der Waals surface area contributed by atoms with Crippen LogP contribution in [0, 0.1) is 0 Å². The van der Waals surface area contributed by atoms with Gasteiger partial charge in [-0.3, -0.25) is 0 Å². The van der Waals surface area contributed by atoms with Gasteiger partial charge in [0.15, 0.2) is 0 Å². The molecule has 0 fully saturated rings. The molecule has 4 heteroatoms.